The maximum atomic E-state index is 12.0. The largest absolute Gasteiger partial charge is 0.508 e. The van der Waals surface area contributed by atoms with Crippen LogP contribution in [0.2, 0.25) is 0 Å². The number of ether oxygens (including phenoxy) is 1. The monoisotopic (exact) mass is 367 g/mol. The van der Waals surface area contributed by atoms with Crippen molar-refractivity contribution < 1.29 is 19.6 Å². The molecule has 1 heterocycles. The number of nitro groups is 1. The van der Waals surface area contributed by atoms with Crippen molar-refractivity contribution in [1.29, 1.82) is 0 Å². The molecule has 2 N–H and O–H groups in total. The van der Waals surface area contributed by atoms with Crippen molar-refractivity contribution in [2.24, 2.45) is 0 Å². The summed E-state index contributed by atoms with van der Waals surface area (Å²) < 4.78 is 5.37. The third-order valence-corrected chi connectivity index (χ3v) is 3.86. The van der Waals surface area contributed by atoms with E-state index in [1.54, 1.807) is 41.6 Å². The molecule has 27 heavy (non-hydrogen) atoms. The van der Waals surface area contributed by atoms with Gasteiger partial charge in [-0.05, 0) is 24.3 Å². The lowest BCUT2D eigenvalue weighted by Gasteiger charge is -2.21. The first-order chi connectivity index (χ1) is 13.0. The molecule has 0 atom stereocenters. The van der Waals surface area contributed by atoms with E-state index < -0.39 is 4.92 Å². The van der Waals surface area contributed by atoms with Gasteiger partial charge in [0.05, 0.1) is 4.92 Å². The molecule has 0 saturated carbocycles. The van der Waals surface area contributed by atoms with E-state index in [2.05, 4.69) is 5.32 Å². The van der Waals surface area contributed by atoms with E-state index in [0.29, 0.717) is 18.7 Å². The smallest absolute Gasteiger partial charge is 0.280 e. The molecule has 0 aliphatic carbocycles. The molecule has 1 aliphatic heterocycles. The number of nitrogens with one attached hydrogen (secondary N) is 1. The number of phenolic OH excluding ortho intramolecular Hbond substituents is 1. The molecule has 1 amide bonds. The summed E-state index contributed by atoms with van der Waals surface area (Å²) in [6.45, 7) is 0.804. The van der Waals surface area contributed by atoms with Gasteiger partial charge in [-0.25, -0.2) is 0 Å². The Bertz CT molecular complexity index is 909. The molecule has 2 aromatic carbocycles. The van der Waals surface area contributed by atoms with Gasteiger partial charge in [0.15, 0.2) is 5.76 Å². The zero-order valence-electron chi connectivity index (χ0n) is 14.2. The number of carbonyl (C=O) groups is 1. The molecule has 0 radical (unpaired) electrons. The summed E-state index contributed by atoms with van der Waals surface area (Å²) in [5, 5.41) is 23.6. The fourth-order valence-electron chi connectivity index (χ4n) is 2.55. The lowest BCUT2D eigenvalue weighted by Crippen LogP contribution is -2.31. The zero-order chi connectivity index (χ0) is 19.2. The molecule has 2 aromatic rings. The Balaban J connectivity index is 1.67. The van der Waals surface area contributed by atoms with Gasteiger partial charge in [-0.1, -0.05) is 18.2 Å². The fourth-order valence-corrected chi connectivity index (χ4v) is 2.55. The van der Waals surface area contributed by atoms with E-state index in [9.17, 15) is 20.0 Å². The number of nitrogens with zero attached hydrogens (tertiary/aromatic N) is 2. The van der Waals surface area contributed by atoms with Crippen molar-refractivity contribution in [3.63, 3.8) is 0 Å². The third kappa shape index (κ3) is 4.43. The number of benzene rings is 2. The Morgan fingerprint density at radius 3 is 2.74 bits per heavy atom. The Kier molecular flexibility index (Phi) is 5.36. The Hall–Kier alpha value is -3.81. The maximum Gasteiger partial charge on any atom is 0.280 e. The lowest BCUT2D eigenvalue weighted by atomic mass is 10.1. The topological polar surface area (TPSA) is 105 Å². The van der Waals surface area contributed by atoms with Gasteiger partial charge >= 0.3 is 0 Å². The van der Waals surface area contributed by atoms with Crippen LogP contribution in [0, 0.1) is 10.1 Å². The second-order valence-corrected chi connectivity index (χ2v) is 5.71. The van der Waals surface area contributed by atoms with E-state index >= 15 is 0 Å². The molecule has 3 rings (SSSR count). The van der Waals surface area contributed by atoms with Gasteiger partial charge in [-0.2, -0.15) is 0 Å². The highest BCUT2D eigenvalue weighted by Crippen LogP contribution is 2.31. The summed E-state index contributed by atoms with van der Waals surface area (Å²) in [7, 11) is 0. The van der Waals surface area contributed by atoms with Crippen LogP contribution in [0.4, 0.5) is 5.69 Å². The Morgan fingerprint density at radius 2 is 2.00 bits per heavy atom. The van der Waals surface area contributed by atoms with Crippen molar-refractivity contribution >= 4 is 17.4 Å². The minimum Gasteiger partial charge on any atom is -0.508 e. The first-order valence-corrected chi connectivity index (χ1v) is 8.16. The minimum atomic E-state index is -0.540. The van der Waals surface area contributed by atoms with Gasteiger partial charge in [-0.15, -0.1) is 0 Å². The van der Waals surface area contributed by atoms with Gasteiger partial charge in [-0.3, -0.25) is 14.9 Å². The van der Waals surface area contributed by atoms with Crippen molar-refractivity contribution in [3.8, 4) is 5.75 Å². The number of phenols is 1. The van der Waals surface area contributed by atoms with Crippen molar-refractivity contribution in [1.82, 2.24) is 10.2 Å². The normalized spacial score (nSPS) is 12.9. The zero-order valence-corrected chi connectivity index (χ0v) is 14.2. The minimum absolute atomic E-state index is 0.101. The van der Waals surface area contributed by atoms with Crippen LogP contribution in [0.25, 0.3) is 5.76 Å². The molecule has 138 valence electrons. The van der Waals surface area contributed by atoms with Crippen LogP contribution in [0.5, 0.6) is 5.75 Å². The number of nitro benzene ring substituents is 1. The van der Waals surface area contributed by atoms with Crippen LogP contribution in [0.15, 0.2) is 67.2 Å². The van der Waals surface area contributed by atoms with E-state index in [4.69, 9.17) is 4.74 Å². The summed E-state index contributed by atoms with van der Waals surface area (Å²) >= 11 is 0. The van der Waals surface area contributed by atoms with Crippen LogP contribution in [-0.2, 0) is 4.74 Å². The number of amides is 1. The van der Waals surface area contributed by atoms with Crippen LogP contribution >= 0.6 is 0 Å². The predicted molar refractivity (Wildman–Crippen MR) is 98.4 cm³/mol. The highest BCUT2D eigenvalue weighted by molar-refractivity contribution is 5.94. The molecule has 1 aliphatic rings. The SMILES string of the molecule is O=C(NCCN1C=COC(c2cc(O)ccc2[N+](=O)[O-])=C1)c1ccccc1. The third-order valence-electron chi connectivity index (χ3n) is 3.86. The second-order valence-electron chi connectivity index (χ2n) is 5.71. The van der Waals surface area contributed by atoms with Gasteiger partial charge < -0.3 is 20.1 Å². The van der Waals surface area contributed by atoms with Crippen molar-refractivity contribution in [2.75, 3.05) is 13.1 Å². The predicted octanol–water partition coefficient (Wildman–Crippen LogP) is 2.83. The molecule has 0 saturated heterocycles. The van der Waals surface area contributed by atoms with Gasteiger partial charge in [0.1, 0.15) is 17.6 Å². The molecular formula is C19H17N3O5. The maximum absolute atomic E-state index is 12.0. The van der Waals surface area contributed by atoms with E-state index in [1.807, 2.05) is 6.07 Å². The molecule has 0 spiro atoms. The molecule has 0 unspecified atom stereocenters. The van der Waals surface area contributed by atoms with E-state index in [1.165, 1.54) is 24.5 Å². The Labute approximate surface area is 155 Å². The average Bonchev–Trinajstić information content (AvgIpc) is 2.68. The number of hydrogen-bond donors (Lipinski definition) is 2. The molecule has 0 bridgehead atoms. The summed E-state index contributed by atoms with van der Waals surface area (Å²) in [5.41, 5.74) is 0.566. The molecule has 0 fully saturated rings. The molecule has 8 heteroatoms. The van der Waals surface area contributed by atoms with E-state index in [-0.39, 0.29) is 28.7 Å². The summed E-state index contributed by atoms with van der Waals surface area (Å²) in [5.74, 6) is -0.0496. The highest BCUT2D eigenvalue weighted by Gasteiger charge is 2.21. The molecule has 8 nitrogen and oxygen atoms in total. The van der Waals surface area contributed by atoms with Gasteiger partial charge in [0, 0.05) is 37.1 Å². The number of rotatable bonds is 6. The quantitative estimate of drug-likeness (QED) is 0.601. The molecule has 0 aromatic heterocycles. The number of carbonyl (C=O) groups excluding carboxylic acids is 1. The van der Waals surface area contributed by atoms with Crippen molar-refractivity contribution in [3.05, 3.63) is 88.4 Å². The number of aromatic hydroxyl groups is 1. The standard InChI is InChI=1S/C19H17N3O5/c23-15-6-7-17(22(25)26)16(12-15)18-13-21(10-11-27-18)9-8-20-19(24)14-4-2-1-3-5-14/h1-7,10-13,23H,8-9H2,(H,20,24). The van der Waals surface area contributed by atoms with Crippen LogP contribution in [0.3, 0.4) is 0 Å². The Morgan fingerprint density at radius 1 is 1.22 bits per heavy atom. The van der Waals surface area contributed by atoms with Crippen LogP contribution < -0.4 is 5.32 Å². The number of hydrogen-bond acceptors (Lipinski definition) is 6. The first-order valence-electron chi connectivity index (χ1n) is 8.16. The van der Waals surface area contributed by atoms with Gasteiger partial charge in [0.25, 0.3) is 11.6 Å². The summed E-state index contributed by atoms with van der Waals surface area (Å²) in [6.07, 6.45) is 4.62. The summed E-state index contributed by atoms with van der Waals surface area (Å²) in [4.78, 5) is 24.4. The van der Waals surface area contributed by atoms with E-state index in [0.717, 1.165) is 0 Å². The lowest BCUT2D eigenvalue weighted by molar-refractivity contribution is -0.385. The van der Waals surface area contributed by atoms with Crippen LogP contribution in [0.1, 0.15) is 15.9 Å². The second kappa shape index (κ2) is 8.05. The average molecular weight is 367 g/mol. The van der Waals surface area contributed by atoms with Crippen molar-refractivity contribution in [2.45, 2.75) is 0 Å². The molecular weight excluding hydrogens is 350 g/mol. The fraction of sp³-hybridized carbons (Fsp3) is 0.105. The highest BCUT2D eigenvalue weighted by atomic mass is 16.6. The van der Waals surface area contributed by atoms with Gasteiger partial charge in [0.2, 0.25) is 0 Å². The summed E-state index contributed by atoms with van der Waals surface area (Å²) in [6, 6.07) is 12.6. The first kappa shape index (κ1) is 18.0. The van der Waals surface area contributed by atoms with Crippen LogP contribution in [-0.4, -0.2) is 33.9 Å².